The second-order valence-corrected chi connectivity index (χ2v) is 5.04. The van der Waals surface area contributed by atoms with Gasteiger partial charge in [0.2, 0.25) is 0 Å². The third-order valence-corrected chi connectivity index (χ3v) is 3.22. The number of hydrogen-bond donors (Lipinski definition) is 1. The lowest BCUT2D eigenvalue weighted by atomic mass is 10.3. The summed E-state index contributed by atoms with van der Waals surface area (Å²) in [5, 5.41) is 3.37. The van der Waals surface area contributed by atoms with Crippen LogP contribution in [-0.4, -0.2) is 49.3 Å². The number of aromatic nitrogens is 1. The summed E-state index contributed by atoms with van der Waals surface area (Å²) in [6.45, 7) is 6.01. The van der Waals surface area contributed by atoms with E-state index in [0.717, 1.165) is 56.0 Å². The average molecular weight is 300 g/mol. The van der Waals surface area contributed by atoms with Crippen LogP contribution in [0.1, 0.15) is 6.42 Å². The van der Waals surface area contributed by atoms with Crippen molar-refractivity contribution in [2.45, 2.75) is 6.42 Å². The van der Waals surface area contributed by atoms with Crippen molar-refractivity contribution in [2.24, 2.45) is 0 Å². The van der Waals surface area contributed by atoms with Gasteiger partial charge in [-0.25, -0.2) is 0 Å². The molecule has 0 amide bonds. The maximum Gasteiger partial charge on any atom is 0.0594 e. The summed E-state index contributed by atoms with van der Waals surface area (Å²) in [5.41, 5.74) is 1.07. The monoisotopic (exact) mass is 299 g/mol. The largest absolute Gasteiger partial charge is 0.384 e. The Kier molecular flexibility index (Phi) is 5.22. The van der Waals surface area contributed by atoms with E-state index in [0.29, 0.717) is 0 Å². The molecule has 0 aromatic carbocycles. The lowest BCUT2D eigenvalue weighted by molar-refractivity contribution is 0.0378. The van der Waals surface area contributed by atoms with Gasteiger partial charge in [0, 0.05) is 30.3 Å². The molecule has 5 heteroatoms. The van der Waals surface area contributed by atoms with E-state index < -0.39 is 0 Å². The zero-order valence-electron chi connectivity index (χ0n) is 9.86. The maximum atomic E-state index is 5.32. The van der Waals surface area contributed by atoms with E-state index in [4.69, 9.17) is 4.74 Å². The van der Waals surface area contributed by atoms with Crippen molar-refractivity contribution in [1.82, 2.24) is 9.88 Å². The van der Waals surface area contributed by atoms with Crippen molar-refractivity contribution in [2.75, 3.05) is 44.7 Å². The number of nitrogens with zero attached hydrogens (tertiary/aromatic N) is 2. The molecule has 0 bridgehead atoms. The van der Waals surface area contributed by atoms with Gasteiger partial charge in [-0.2, -0.15) is 0 Å². The molecule has 1 aromatic rings. The van der Waals surface area contributed by atoms with Gasteiger partial charge in [0.25, 0.3) is 0 Å². The molecule has 0 unspecified atom stereocenters. The molecular formula is C12H18BrN3O. The fourth-order valence-electron chi connectivity index (χ4n) is 1.87. The molecule has 0 saturated carbocycles. The summed E-state index contributed by atoms with van der Waals surface area (Å²) in [6.07, 6.45) is 4.78. The Labute approximate surface area is 110 Å². The van der Waals surface area contributed by atoms with Crippen molar-refractivity contribution < 1.29 is 4.74 Å². The van der Waals surface area contributed by atoms with Crippen molar-refractivity contribution in [3.8, 4) is 0 Å². The second-order valence-electron chi connectivity index (χ2n) is 4.13. The normalized spacial score (nSPS) is 17.0. The SMILES string of the molecule is Brc1cncc(NCCCN2CCOCC2)c1. The Balaban J connectivity index is 1.62. The Hall–Kier alpha value is -0.650. The minimum atomic E-state index is 0.878. The lowest BCUT2D eigenvalue weighted by Crippen LogP contribution is -2.37. The fraction of sp³-hybridized carbons (Fsp3) is 0.583. The van der Waals surface area contributed by atoms with Gasteiger partial charge in [-0.15, -0.1) is 0 Å². The van der Waals surface area contributed by atoms with Crippen molar-refractivity contribution in [1.29, 1.82) is 0 Å². The topological polar surface area (TPSA) is 37.4 Å². The molecule has 1 fully saturated rings. The van der Waals surface area contributed by atoms with Crippen LogP contribution in [0.5, 0.6) is 0 Å². The Morgan fingerprint density at radius 2 is 2.18 bits per heavy atom. The van der Waals surface area contributed by atoms with Gasteiger partial charge in [0.15, 0.2) is 0 Å². The molecule has 0 atom stereocenters. The highest BCUT2D eigenvalue weighted by Gasteiger charge is 2.08. The van der Waals surface area contributed by atoms with E-state index in [1.54, 1.807) is 6.20 Å². The van der Waals surface area contributed by atoms with Crippen LogP contribution in [0.15, 0.2) is 22.9 Å². The number of pyridine rings is 1. The van der Waals surface area contributed by atoms with Crippen molar-refractivity contribution in [3.63, 3.8) is 0 Å². The van der Waals surface area contributed by atoms with Crippen LogP contribution in [0.4, 0.5) is 5.69 Å². The van der Waals surface area contributed by atoms with Crippen LogP contribution in [-0.2, 0) is 4.74 Å². The second kappa shape index (κ2) is 6.93. The first-order chi connectivity index (χ1) is 8.34. The molecule has 1 aliphatic heterocycles. The van der Waals surface area contributed by atoms with Crippen molar-refractivity contribution in [3.05, 3.63) is 22.9 Å². The standard InChI is InChI=1S/C12H18BrN3O/c13-11-8-12(10-14-9-11)15-2-1-3-16-4-6-17-7-5-16/h8-10,15H,1-7H2. The molecule has 17 heavy (non-hydrogen) atoms. The van der Waals surface area contributed by atoms with Crippen LogP contribution >= 0.6 is 15.9 Å². The van der Waals surface area contributed by atoms with Gasteiger partial charge >= 0.3 is 0 Å². The predicted molar refractivity (Wildman–Crippen MR) is 72.3 cm³/mol. The summed E-state index contributed by atoms with van der Waals surface area (Å²) in [5.74, 6) is 0. The van der Waals surface area contributed by atoms with E-state index in [1.165, 1.54) is 0 Å². The van der Waals surface area contributed by atoms with Gasteiger partial charge in [-0.1, -0.05) is 0 Å². The molecule has 2 heterocycles. The molecule has 1 aliphatic rings. The number of rotatable bonds is 5. The highest BCUT2D eigenvalue weighted by Crippen LogP contribution is 2.13. The van der Waals surface area contributed by atoms with Crippen LogP contribution < -0.4 is 5.32 Å². The van der Waals surface area contributed by atoms with Gasteiger partial charge in [0.1, 0.15) is 0 Å². The van der Waals surface area contributed by atoms with Gasteiger partial charge in [0.05, 0.1) is 25.1 Å². The zero-order chi connectivity index (χ0) is 11.9. The van der Waals surface area contributed by atoms with Gasteiger partial charge < -0.3 is 10.1 Å². The molecule has 4 nitrogen and oxygen atoms in total. The molecule has 2 rings (SSSR count). The molecule has 0 aliphatic carbocycles. The van der Waals surface area contributed by atoms with Crippen LogP contribution in [0.2, 0.25) is 0 Å². The first-order valence-corrected chi connectivity index (χ1v) is 6.78. The summed E-state index contributed by atoms with van der Waals surface area (Å²) in [7, 11) is 0. The highest BCUT2D eigenvalue weighted by atomic mass is 79.9. The Bertz CT molecular complexity index is 342. The summed E-state index contributed by atoms with van der Waals surface area (Å²) in [4.78, 5) is 6.57. The van der Waals surface area contributed by atoms with E-state index in [1.807, 2.05) is 12.3 Å². The third kappa shape index (κ3) is 4.61. The Morgan fingerprint density at radius 3 is 2.94 bits per heavy atom. The van der Waals surface area contributed by atoms with Crippen LogP contribution in [0.25, 0.3) is 0 Å². The van der Waals surface area contributed by atoms with E-state index in [9.17, 15) is 0 Å². The van der Waals surface area contributed by atoms with E-state index in [-0.39, 0.29) is 0 Å². The first kappa shape index (κ1) is 12.8. The first-order valence-electron chi connectivity index (χ1n) is 5.99. The number of anilines is 1. The number of hydrogen-bond acceptors (Lipinski definition) is 4. The number of nitrogens with one attached hydrogen (secondary N) is 1. The number of halogens is 1. The average Bonchev–Trinajstić information content (AvgIpc) is 2.36. The smallest absolute Gasteiger partial charge is 0.0594 e. The highest BCUT2D eigenvalue weighted by molar-refractivity contribution is 9.10. The lowest BCUT2D eigenvalue weighted by Gasteiger charge is -2.26. The molecular weight excluding hydrogens is 282 g/mol. The molecule has 94 valence electrons. The van der Waals surface area contributed by atoms with Gasteiger partial charge in [-0.05, 0) is 35.0 Å². The van der Waals surface area contributed by atoms with E-state index in [2.05, 4.69) is 31.1 Å². The minimum Gasteiger partial charge on any atom is -0.384 e. The number of ether oxygens (including phenoxy) is 1. The number of morpholine rings is 1. The van der Waals surface area contributed by atoms with Crippen molar-refractivity contribution >= 4 is 21.6 Å². The third-order valence-electron chi connectivity index (χ3n) is 2.79. The zero-order valence-corrected chi connectivity index (χ0v) is 11.4. The van der Waals surface area contributed by atoms with Crippen LogP contribution in [0, 0.1) is 0 Å². The molecule has 1 aromatic heterocycles. The quantitative estimate of drug-likeness (QED) is 0.844. The minimum absolute atomic E-state index is 0.878. The molecule has 0 spiro atoms. The summed E-state index contributed by atoms with van der Waals surface area (Å²) >= 11 is 3.41. The summed E-state index contributed by atoms with van der Waals surface area (Å²) in [6, 6.07) is 2.04. The summed E-state index contributed by atoms with van der Waals surface area (Å²) < 4.78 is 6.33. The van der Waals surface area contributed by atoms with E-state index >= 15 is 0 Å². The van der Waals surface area contributed by atoms with Crippen LogP contribution in [0.3, 0.4) is 0 Å². The predicted octanol–water partition coefficient (Wildman–Crippen LogP) is 1.98. The molecule has 0 radical (unpaired) electrons. The Morgan fingerprint density at radius 1 is 1.35 bits per heavy atom. The maximum absolute atomic E-state index is 5.32. The molecule has 1 saturated heterocycles. The fourth-order valence-corrected chi connectivity index (χ4v) is 2.23. The van der Waals surface area contributed by atoms with Gasteiger partial charge in [-0.3, -0.25) is 9.88 Å². The molecule has 1 N–H and O–H groups in total.